The van der Waals surface area contributed by atoms with E-state index in [1.165, 1.54) is 32.1 Å². The van der Waals surface area contributed by atoms with Crippen molar-refractivity contribution in [3.63, 3.8) is 0 Å². The molecule has 0 nitrogen and oxygen atoms in total. The Kier molecular flexibility index (Phi) is 2.52. The van der Waals surface area contributed by atoms with Gasteiger partial charge in [-0.15, -0.1) is 0 Å². The molecule has 1 fully saturated rings. The van der Waals surface area contributed by atoms with Crippen LogP contribution in [-0.4, -0.2) is 23.0 Å². The van der Waals surface area contributed by atoms with Gasteiger partial charge >= 0.3 is 59.0 Å². The molecule has 0 amide bonds. The van der Waals surface area contributed by atoms with Gasteiger partial charge in [-0.2, -0.15) is 0 Å². The summed E-state index contributed by atoms with van der Waals surface area (Å²) in [5.74, 6) is 0. The second-order valence-electron chi connectivity index (χ2n) is 2.29. The molecule has 0 heterocycles. The molecule has 1 aliphatic rings. The molecule has 0 aromatic carbocycles. The van der Waals surface area contributed by atoms with Gasteiger partial charge in [-0.1, -0.05) is 0 Å². The standard InChI is InChI=1S/C6H11.Sb/c1-2-4-6-5-3-1;/h1H,2-6H2;. The molecule has 40 valence electrons. The molecule has 0 saturated heterocycles. The molecule has 7 heavy (non-hydrogen) atoms. The fourth-order valence-electron chi connectivity index (χ4n) is 1.08. The SMILES string of the molecule is [Sb][CH]1CCCCC1. The molecule has 0 spiro atoms. The minimum atomic E-state index is 1.09. The van der Waals surface area contributed by atoms with Crippen molar-refractivity contribution < 1.29 is 0 Å². The third-order valence-electron chi connectivity index (χ3n) is 1.57. The predicted octanol–water partition coefficient (Wildman–Crippen LogP) is 1.91. The van der Waals surface area contributed by atoms with Gasteiger partial charge in [0.25, 0.3) is 0 Å². The van der Waals surface area contributed by atoms with Crippen LogP contribution in [0.4, 0.5) is 0 Å². The van der Waals surface area contributed by atoms with E-state index in [2.05, 4.69) is 0 Å². The molecule has 1 aliphatic carbocycles. The Morgan fingerprint density at radius 3 is 1.86 bits per heavy atom. The van der Waals surface area contributed by atoms with Crippen LogP contribution in [0.15, 0.2) is 0 Å². The quantitative estimate of drug-likeness (QED) is 0.529. The molecule has 1 rings (SSSR count). The summed E-state index contributed by atoms with van der Waals surface area (Å²) < 4.78 is 1.09. The number of hydrogen-bond acceptors (Lipinski definition) is 0. The van der Waals surface area contributed by atoms with Crippen LogP contribution in [0.5, 0.6) is 0 Å². The Balaban J connectivity index is 2.12. The molecule has 0 aliphatic heterocycles. The molecule has 0 N–H and O–H groups in total. The fraction of sp³-hybridized carbons (Fsp3) is 1.00. The maximum absolute atomic E-state index is 2.03. The van der Waals surface area contributed by atoms with Crippen LogP contribution in [0.25, 0.3) is 0 Å². The van der Waals surface area contributed by atoms with E-state index in [0.29, 0.717) is 0 Å². The third kappa shape index (κ3) is 2.04. The molecule has 0 atom stereocenters. The van der Waals surface area contributed by atoms with Gasteiger partial charge in [0.2, 0.25) is 0 Å². The topological polar surface area (TPSA) is 0 Å². The molecule has 1 heteroatoms. The van der Waals surface area contributed by atoms with E-state index in [9.17, 15) is 0 Å². The fourth-order valence-corrected chi connectivity index (χ4v) is 2.12. The average Bonchev–Trinajstić information content (AvgIpc) is 1.69. The van der Waals surface area contributed by atoms with E-state index in [0.717, 1.165) is 3.86 Å². The first-order valence-electron chi connectivity index (χ1n) is 3.07. The van der Waals surface area contributed by atoms with Crippen LogP contribution < -0.4 is 0 Å². The van der Waals surface area contributed by atoms with Crippen molar-refractivity contribution in [3.05, 3.63) is 0 Å². The zero-order valence-electron chi connectivity index (χ0n) is 4.56. The molecule has 0 bridgehead atoms. The normalized spacial score (nSPS) is 25.3. The van der Waals surface area contributed by atoms with E-state index in [4.69, 9.17) is 0 Å². The molecule has 0 aromatic heterocycles. The Labute approximate surface area is 59.2 Å². The summed E-state index contributed by atoms with van der Waals surface area (Å²) in [6.45, 7) is 0. The van der Waals surface area contributed by atoms with Crippen molar-refractivity contribution in [2.45, 2.75) is 36.0 Å². The van der Waals surface area contributed by atoms with Gasteiger partial charge in [0.1, 0.15) is 0 Å². The maximum atomic E-state index is 2.03. The predicted molar refractivity (Wildman–Crippen MR) is 32.6 cm³/mol. The van der Waals surface area contributed by atoms with Gasteiger partial charge in [-0.25, -0.2) is 0 Å². The second kappa shape index (κ2) is 2.97. The van der Waals surface area contributed by atoms with Crippen molar-refractivity contribution in [3.8, 4) is 0 Å². The number of hydrogen-bond donors (Lipinski definition) is 0. The van der Waals surface area contributed by atoms with Gasteiger partial charge in [0.15, 0.2) is 0 Å². The van der Waals surface area contributed by atoms with Gasteiger partial charge in [0.05, 0.1) is 0 Å². The van der Waals surface area contributed by atoms with Gasteiger partial charge in [0, 0.05) is 0 Å². The molecule has 1 saturated carbocycles. The third-order valence-corrected chi connectivity index (χ3v) is 3.05. The van der Waals surface area contributed by atoms with E-state index in [-0.39, 0.29) is 0 Å². The van der Waals surface area contributed by atoms with Crippen molar-refractivity contribution in [1.82, 2.24) is 0 Å². The Hall–Kier alpha value is 0.818. The summed E-state index contributed by atoms with van der Waals surface area (Å²) >= 11 is 2.03. The molecular formula is C6H11Sb. The Morgan fingerprint density at radius 1 is 1.00 bits per heavy atom. The zero-order valence-corrected chi connectivity index (χ0v) is 7.11. The first kappa shape index (κ1) is 5.95. The van der Waals surface area contributed by atoms with Crippen LogP contribution in [-0.2, 0) is 0 Å². The summed E-state index contributed by atoms with van der Waals surface area (Å²) in [6.07, 6.45) is 7.51. The first-order chi connectivity index (χ1) is 3.39. The van der Waals surface area contributed by atoms with E-state index < -0.39 is 0 Å². The average molecular weight is 205 g/mol. The summed E-state index contributed by atoms with van der Waals surface area (Å²) in [7, 11) is 0. The van der Waals surface area contributed by atoms with Crippen LogP contribution in [0.1, 0.15) is 32.1 Å². The van der Waals surface area contributed by atoms with Crippen LogP contribution in [0.2, 0.25) is 3.86 Å². The monoisotopic (exact) mass is 204 g/mol. The van der Waals surface area contributed by atoms with E-state index in [1.807, 2.05) is 23.0 Å². The van der Waals surface area contributed by atoms with Gasteiger partial charge in [-0.05, 0) is 0 Å². The Morgan fingerprint density at radius 2 is 1.57 bits per heavy atom. The van der Waals surface area contributed by atoms with Crippen molar-refractivity contribution >= 4 is 23.0 Å². The summed E-state index contributed by atoms with van der Waals surface area (Å²) in [4.78, 5) is 0. The number of rotatable bonds is 0. The second-order valence-corrected chi connectivity index (χ2v) is 4.38. The van der Waals surface area contributed by atoms with E-state index >= 15 is 0 Å². The summed E-state index contributed by atoms with van der Waals surface area (Å²) in [6, 6.07) is 0. The van der Waals surface area contributed by atoms with Crippen LogP contribution in [0.3, 0.4) is 0 Å². The minimum absolute atomic E-state index is 1.09. The van der Waals surface area contributed by atoms with Crippen molar-refractivity contribution in [2.75, 3.05) is 0 Å². The van der Waals surface area contributed by atoms with Crippen LogP contribution >= 0.6 is 0 Å². The summed E-state index contributed by atoms with van der Waals surface area (Å²) in [5, 5.41) is 0. The molecule has 0 aromatic rings. The molecule has 2 radical (unpaired) electrons. The van der Waals surface area contributed by atoms with Gasteiger partial charge in [-0.3, -0.25) is 0 Å². The molecule has 0 unspecified atom stereocenters. The van der Waals surface area contributed by atoms with Crippen LogP contribution in [0, 0.1) is 0 Å². The van der Waals surface area contributed by atoms with E-state index in [1.54, 1.807) is 0 Å². The Bertz CT molecular complexity index is 46.1. The zero-order chi connectivity index (χ0) is 5.11. The summed E-state index contributed by atoms with van der Waals surface area (Å²) in [5.41, 5.74) is 0. The molecular weight excluding hydrogens is 194 g/mol. The van der Waals surface area contributed by atoms with Crippen molar-refractivity contribution in [1.29, 1.82) is 0 Å². The van der Waals surface area contributed by atoms with Gasteiger partial charge < -0.3 is 0 Å². The van der Waals surface area contributed by atoms with Crippen molar-refractivity contribution in [2.24, 2.45) is 0 Å². The first-order valence-corrected chi connectivity index (χ1v) is 4.55.